The van der Waals surface area contributed by atoms with Crippen molar-refractivity contribution >= 4 is 34.4 Å². The summed E-state index contributed by atoms with van der Waals surface area (Å²) in [6.07, 6.45) is 2.40. The SMILES string of the molecule is CCc1oc2ccccc2c1/C=N\NC(=O)c1sc(-c2ccccc2)nc1C. The third-order valence-corrected chi connectivity index (χ3v) is 5.62. The number of nitrogens with zero attached hydrogens (tertiary/aromatic N) is 2. The molecule has 0 bridgehead atoms. The zero-order valence-corrected chi connectivity index (χ0v) is 16.4. The lowest BCUT2D eigenvalue weighted by molar-refractivity contribution is 0.0958. The molecule has 0 spiro atoms. The molecule has 0 aliphatic rings. The van der Waals surface area contributed by atoms with Crippen LogP contribution in [-0.4, -0.2) is 17.1 Å². The molecule has 0 saturated carbocycles. The number of benzene rings is 2. The lowest BCUT2D eigenvalue weighted by atomic mass is 10.1. The molecule has 0 fully saturated rings. The van der Waals surface area contributed by atoms with Crippen molar-refractivity contribution in [3.05, 3.63) is 76.5 Å². The first-order chi connectivity index (χ1) is 13.7. The fraction of sp³-hybridized carbons (Fsp3) is 0.136. The lowest BCUT2D eigenvalue weighted by Crippen LogP contribution is -2.17. The van der Waals surface area contributed by atoms with Crippen molar-refractivity contribution < 1.29 is 9.21 Å². The molecule has 0 saturated heterocycles. The maximum absolute atomic E-state index is 12.6. The van der Waals surface area contributed by atoms with Crippen molar-refractivity contribution in [1.29, 1.82) is 0 Å². The van der Waals surface area contributed by atoms with Gasteiger partial charge in [-0.3, -0.25) is 4.79 Å². The maximum atomic E-state index is 12.6. The number of nitrogens with one attached hydrogen (secondary N) is 1. The number of hydrazone groups is 1. The van der Waals surface area contributed by atoms with E-state index >= 15 is 0 Å². The second-order valence-electron chi connectivity index (χ2n) is 6.29. The topological polar surface area (TPSA) is 67.5 Å². The van der Waals surface area contributed by atoms with Crippen molar-refractivity contribution in [3.63, 3.8) is 0 Å². The monoisotopic (exact) mass is 389 g/mol. The zero-order chi connectivity index (χ0) is 19.5. The number of carbonyl (C=O) groups is 1. The van der Waals surface area contributed by atoms with Crippen molar-refractivity contribution in [2.24, 2.45) is 5.10 Å². The van der Waals surface area contributed by atoms with Crippen LogP contribution in [0.2, 0.25) is 0 Å². The predicted octanol–water partition coefficient (Wildman–Crippen LogP) is 5.19. The molecule has 4 aromatic rings. The van der Waals surface area contributed by atoms with Gasteiger partial charge in [-0.05, 0) is 13.0 Å². The minimum atomic E-state index is -0.265. The fourth-order valence-electron chi connectivity index (χ4n) is 3.04. The molecule has 2 aromatic carbocycles. The summed E-state index contributed by atoms with van der Waals surface area (Å²) in [6.45, 7) is 3.86. The van der Waals surface area contributed by atoms with Crippen LogP contribution in [0, 0.1) is 6.92 Å². The van der Waals surface area contributed by atoms with E-state index in [2.05, 4.69) is 15.5 Å². The Labute approximate surface area is 166 Å². The molecule has 28 heavy (non-hydrogen) atoms. The molecule has 0 unspecified atom stereocenters. The van der Waals surface area contributed by atoms with Crippen LogP contribution in [-0.2, 0) is 6.42 Å². The third kappa shape index (κ3) is 3.46. The molecule has 0 aliphatic carbocycles. The molecule has 2 aromatic heterocycles. The number of hydrogen-bond acceptors (Lipinski definition) is 5. The first kappa shape index (κ1) is 18.1. The minimum absolute atomic E-state index is 0.265. The second-order valence-corrected chi connectivity index (χ2v) is 7.29. The molecular weight excluding hydrogens is 370 g/mol. The van der Waals surface area contributed by atoms with Gasteiger partial charge in [-0.25, -0.2) is 10.4 Å². The van der Waals surface area contributed by atoms with Gasteiger partial charge >= 0.3 is 0 Å². The Hall–Kier alpha value is -3.25. The van der Waals surface area contributed by atoms with Crippen molar-refractivity contribution in [1.82, 2.24) is 10.4 Å². The first-order valence-corrected chi connectivity index (χ1v) is 9.85. The Morgan fingerprint density at radius 1 is 1.18 bits per heavy atom. The normalized spacial score (nSPS) is 11.4. The van der Waals surface area contributed by atoms with Crippen molar-refractivity contribution in [3.8, 4) is 10.6 Å². The molecule has 2 heterocycles. The van der Waals surface area contributed by atoms with Gasteiger partial charge in [-0.2, -0.15) is 5.10 Å². The Bertz CT molecular complexity index is 1160. The molecule has 140 valence electrons. The second kappa shape index (κ2) is 7.78. The molecule has 1 amide bonds. The van der Waals surface area contributed by atoms with Gasteiger partial charge in [0.2, 0.25) is 0 Å². The van der Waals surface area contributed by atoms with Gasteiger partial charge in [0.1, 0.15) is 21.2 Å². The van der Waals surface area contributed by atoms with Crippen LogP contribution < -0.4 is 5.43 Å². The summed E-state index contributed by atoms with van der Waals surface area (Å²) in [6, 6.07) is 17.6. The average Bonchev–Trinajstić information content (AvgIpc) is 3.29. The van der Waals surface area contributed by atoms with Crippen molar-refractivity contribution in [2.45, 2.75) is 20.3 Å². The summed E-state index contributed by atoms with van der Waals surface area (Å²) in [7, 11) is 0. The molecule has 4 rings (SSSR count). The van der Waals surface area contributed by atoms with E-state index in [4.69, 9.17) is 4.42 Å². The van der Waals surface area contributed by atoms with Crippen LogP contribution in [0.15, 0.2) is 64.1 Å². The van der Waals surface area contributed by atoms with Crippen molar-refractivity contribution in [2.75, 3.05) is 0 Å². The standard InChI is InChI=1S/C22H19N3O2S/c1-3-18-17(16-11-7-8-12-19(16)27-18)13-23-25-21(26)20-14(2)24-22(28-20)15-9-5-4-6-10-15/h4-13H,3H2,1-2H3,(H,25,26)/b23-13-. The van der Waals surface area contributed by atoms with Gasteiger partial charge in [0.15, 0.2) is 0 Å². The fourth-order valence-corrected chi connectivity index (χ4v) is 4.00. The number of carbonyl (C=O) groups excluding carboxylic acids is 1. The predicted molar refractivity (Wildman–Crippen MR) is 113 cm³/mol. The molecule has 6 heteroatoms. The van der Waals surface area contributed by atoms with Crippen LogP contribution in [0.4, 0.5) is 0 Å². The zero-order valence-electron chi connectivity index (χ0n) is 15.6. The smallest absolute Gasteiger partial charge is 0.283 e. The van der Waals surface area contributed by atoms with Crippen LogP contribution in [0.25, 0.3) is 21.5 Å². The van der Waals surface area contributed by atoms with E-state index in [1.165, 1.54) is 11.3 Å². The van der Waals surface area contributed by atoms with Gasteiger partial charge in [0.25, 0.3) is 5.91 Å². The van der Waals surface area contributed by atoms with E-state index in [-0.39, 0.29) is 5.91 Å². The molecule has 0 atom stereocenters. The molecule has 0 aliphatic heterocycles. The van der Waals surface area contributed by atoms with Crippen LogP contribution in [0.1, 0.15) is 33.6 Å². The highest BCUT2D eigenvalue weighted by atomic mass is 32.1. The third-order valence-electron chi connectivity index (χ3n) is 4.42. The van der Waals surface area contributed by atoms with Crippen LogP contribution in [0.3, 0.4) is 0 Å². The Balaban J connectivity index is 1.55. The Morgan fingerprint density at radius 2 is 1.93 bits per heavy atom. The number of aromatic nitrogens is 1. The minimum Gasteiger partial charge on any atom is -0.460 e. The van der Waals surface area contributed by atoms with E-state index in [0.717, 1.165) is 39.3 Å². The summed E-state index contributed by atoms with van der Waals surface area (Å²) in [5.74, 6) is 0.582. The molecule has 5 nitrogen and oxygen atoms in total. The van der Waals surface area contributed by atoms with Crippen LogP contribution >= 0.6 is 11.3 Å². The van der Waals surface area contributed by atoms with E-state index < -0.39 is 0 Å². The molecule has 1 N–H and O–H groups in total. The summed E-state index contributed by atoms with van der Waals surface area (Å²) in [4.78, 5) is 17.7. The maximum Gasteiger partial charge on any atom is 0.283 e. The first-order valence-electron chi connectivity index (χ1n) is 9.04. The Morgan fingerprint density at radius 3 is 2.71 bits per heavy atom. The number of thiazole rings is 1. The molecular formula is C22H19N3O2S. The van der Waals surface area contributed by atoms with E-state index in [1.807, 2.05) is 68.4 Å². The van der Waals surface area contributed by atoms with Gasteiger partial charge in [0, 0.05) is 22.9 Å². The van der Waals surface area contributed by atoms with Gasteiger partial charge in [0.05, 0.1) is 11.9 Å². The summed E-state index contributed by atoms with van der Waals surface area (Å²) in [5, 5.41) is 5.97. The number of fused-ring (bicyclic) bond motifs is 1. The average molecular weight is 389 g/mol. The van der Waals surface area contributed by atoms with E-state index in [1.54, 1.807) is 6.21 Å². The number of para-hydroxylation sites is 1. The highest BCUT2D eigenvalue weighted by molar-refractivity contribution is 7.17. The largest absolute Gasteiger partial charge is 0.460 e. The summed E-state index contributed by atoms with van der Waals surface area (Å²) < 4.78 is 5.85. The van der Waals surface area contributed by atoms with Gasteiger partial charge in [-0.15, -0.1) is 11.3 Å². The number of furan rings is 1. The Kier molecular flexibility index (Phi) is 5.04. The number of rotatable bonds is 5. The van der Waals surface area contributed by atoms with E-state index in [0.29, 0.717) is 10.6 Å². The summed E-state index contributed by atoms with van der Waals surface area (Å²) >= 11 is 1.36. The lowest BCUT2D eigenvalue weighted by Gasteiger charge is -1.97. The summed E-state index contributed by atoms with van der Waals surface area (Å²) in [5.41, 5.74) is 6.02. The van der Waals surface area contributed by atoms with E-state index in [9.17, 15) is 4.79 Å². The molecule has 0 radical (unpaired) electrons. The quantitative estimate of drug-likeness (QED) is 0.377. The van der Waals surface area contributed by atoms with Crippen LogP contribution in [0.5, 0.6) is 0 Å². The van der Waals surface area contributed by atoms with Gasteiger partial charge in [-0.1, -0.05) is 55.5 Å². The highest BCUT2D eigenvalue weighted by Gasteiger charge is 2.16. The number of hydrogen-bond donors (Lipinski definition) is 1. The van der Waals surface area contributed by atoms with Gasteiger partial charge < -0.3 is 4.42 Å². The highest BCUT2D eigenvalue weighted by Crippen LogP contribution is 2.28. The number of amides is 1. The number of aryl methyl sites for hydroxylation is 2.